The number of hydrogen-bond acceptors (Lipinski definition) is 20. The number of benzene rings is 7. The summed E-state index contributed by atoms with van der Waals surface area (Å²) in [6.45, 7) is 10.1. The van der Waals surface area contributed by atoms with Gasteiger partial charge in [0.05, 0.1) is 51.6 Å². The minimum absolute atomic E-state index is 0.00755. The third kappa shape index (κ3) is 33.5. The average Bonchev–Trinajstić information content (AvgIpc) is 0.830. The number of amides is 3. The topological polar surface area (TPSA) is 282 Å². The average molecular weight is 1600 g/mol. The Bertz CT molecular complexity index is 4290. The summed E-state index contributed by atoms with van der Waals surface area (Å²) in [4.78, 5) is 59.9. The summed E-state index contributed by atoms with van der Waals surface area (Å²) in [6, 6.07) is 54.5. The van der Waals surface area contributed by atoms with Crippen molar-refractivity contribution in [2.45, 2.75) is 63.7 Å². The third-order valence-electron chi connectivity index (χ3n) is 16.3. The quantitative estimate of drug-likeness (QED) is 0.0269. The molecule has 7 rings (SSSR count). The van der Waals surface area contributed by atoms with Gasteiger partial charge in [0.15, 0.2) is 31.3 Å². The summed E-state index contributed by atoms with van der Waals surface area (Å²) in [7, 11) is 8.23. The van der Waals surface area contributed by atoms with Crippen LogP contribution in [0.1, 0.15) is 47.1 Å². The number of nitrogens with zero attached hydrogens (tertiary/aromatic N) is 10. The standard InChI is InChI=1S/C47H55N3O10S5.C17H32N6O3.C16H19N3/c1-37-6-16-42(17-7-37)58-61(51)31-26-48-36-47(49(27-32-62(52)59-43-18-8-38(2)9-19-43)28-33-63(53)60-44-20-10-39(3)11-21-44)50(29-34-64(54,55)45-22-12-40(4)13-23-45)30-35-65(56,57)46-24-14-41(5)15-25-46;1-21(2)15(24)7-10-18-13-14(19-11-8-16(25)22(3)4)20-12-9-17(26)23(5)6;1-17-16(18(2)14-10-6-4-7-11-14)19(3)15-12-8-5-9-13-15/h6-25H,26-35H2,1-5H3;19-20H,7-12H2,1-6H3;4-13H,1-3H3. The van der Waals surface area contributed by atoms with E-state index < -0.39 is 64.4 Å². The third-order valence-corrected chi connectivity index (χ3v) is 22.5. The highest BCUT2D eigenvalue weighted by molar-refractivity contribution is 7.91. The molecule has 2 N–H and O–H groups in total. The van der Waals surface area contributed by atoms with E-state index in [-0.39, 0.29) is 83.3 Å². The fraction of sp³-hybridized carbons (Fsp3) is 0.375. The molecular formula is C80H106N12O13S5. The Morgan fingerprint density at radius 1 is 0.409 bits per heavy atom. The van der Waals surface area contributed by atoms with E-state index in [4.69, 9.17) is 12.5 Å². The van der Waals surface area contributed by atoms with Crippen molar-refractivity contribution in [3.8, 4) is 17.2 Å². The van der Waals surface area contributed by atoms with Gasteiger partial charge in [0.25, 0.3) is 0 Å². The molecule has 0 fully saturated rings. The van der Waals surface area contributed by atoms with Crippen LogP contribution in [-0.2, 0) is 67.3 Å². The van der Waals surface area contributed by atoms with E-state index in [0.29, 0.717) is 62.0 Å². The second-order valence-electron chi connectivity index (χ2n) is 25.9. The van der Waals surface area contributed by atoms with E-state index in [1.54, 1.807) is 113 Å². The SMILES string of the molecule is CN(C)C(=O)CCN=C=C(NCCC(=O)N(C)C)NCCC(=O)N(C)C.CN=C(N(C)c1ccccc1)N(C)c1ccccc1.Cc1ccc(OS(=O)CCN=C=C(N(CCS(=O)Oc2ccc(C)cc2)CCS(=O)Oc2ccc(C)cc2)N(CCS(=O)(=O)c2ccc(C)cc2)CCS(=O)(=O)c2ccc(C)cc2)cc1. The highest BCUT2D eigenvalue weighted by atomic mass is 32.2. The number of carbonyl (C=O) groups is 3. The van der Waals surface area contributed by atoms with Gasteiger partial charge in [-0.15, -0.1) is 0 Å². The first-order valence-corrected chi connectivity index (χ1v) is 42.6. The first kappa shape index (κ1) is 90.7. The van der Waals surface area contributed by atoms with E-state index in [1.807, 2.05) is 129 Å². The Balaban J connectivity index is 0.000000390. The number of nitrogens with one attached hydrogen (secondary N) is 2. The van der Waals surface area contributed by atoms with Crippen LogP contribution in [0.2, 0.25) is 0 Å². The number of guanidine groups is 1. The smallest absolute Gasteiger partial charge is 0.223 e. The molecule has 0 aromatic heterocycles. The van der Waals surface area contributed by atoms with Crippen molar-refractivity contribution in [2.24, 2.45) is 15.0 Å². The van der Waals surface area contributed by atoms with Gasteiger partial charge in [0, 0.05) is 145 Å². The molecule has 3 amide bonds. The molecule has 0 saturated heterocycles. The van der Waals surface area contributed by atoms with E-state index in [1.165, 1.54) is 39.0 Å². The van der Waals surface area contributed by atoms with Gasteiger partial charge in [-0.1, -0.05) is 125 Å². The van der Waals surface area contributed by atoms with Crippen molar-refractivity contribution >= 4 is 99.7 Å². The van der Waals surface area contributed by atoms with Gasteiger partial charge in [0.1, 0.15) is 17.2 Å². The molecule has 0 radical (unpaired) electrons. The second-order valence-corrected chi connectivity index (χ2v) is 33.7. The molecule has 594 valence electrons. The van der Waals surface area contributed by atoms with E-state index in [0.717, 1.165) is 45.2 Å². The van der Waals surface area contributed by atoms with Gasteiger partial charge in [-0.3, -0.25) is 19.4 Å². The van der Waals surface area contributed by atoms with Gasteiger partial charge >= 0.3 is 0 Å². The number of hydrogen-bond donors (Lipinski definition) is 2. The van der Waals surface area contributed by atoms with Crippen molar-refractivity contribution in [3.05, 3.63) is 221 Å². The molecule has 110 heavy (non-hydrogen) atoms. The predicted molar refractivity (Wildman–Crippen MR) is 445 cm³/mol. The lowest BCUT2D eigenvalue weighted by molar-refractivity contribution is -0.129. The predicted octanol–water partition coefficient (Wildman–Crippen LogP) is 9.18. The molecule has 0 saturated carbocycles. The number of anilines is 2. The Morgan fingerprint density at radius 3 is 1.07 bits per heavy atom. The maximum atomic E-state index is 13.8. The zero-order valence-corrected chi connectivity index (χ0v) is 69.5. The van der Waals surface area contributed by atoms with Crippen LogP contribution in [0.25, 0.3) is 0 Å². The number of sulfone groups is 2. The summed E-state index contributed by atoms with van der Waals surface area (Å²) in [5.74, 6) is 7.47. The van der Waals surface area contributed by atoms with Gasteiger partial charge < -0.3 is 57.5 Å². The summed E-state index contributed by atoms with van der Waals surface area (Å²) < 4.78 is 112. The lowest BCUT2D eigenvalue weighted by atomic mass is 10.2. The largest absolute Gasteiger partial charge is 0.400 e. The molecule has 0 aliphatic rings. The lowest BCUT2D eigenvalue weighted by Gasteiger charge is -2.34. The maximum Gasteiger partial charge on any atom is 0.223 e. The normalized spacial score (nSPS) is 11.6. The minimum Gasteiger partial charge on any atom is -0.400 e. The summed E-state index contributed by atoms with van der Waals surface area (Å²) in [5.41, 5.74) is 6.97. The minimum atomic E-state index is -3.91. The van der Waals surface area contributed by atoms with Gasteiger partial charge in [0.2, 0.25) is 56.9 Å². The van der Waals surface area contributed by atoms with Crippen LogP contribution in [0.5, 0.6) is 17.2 Å². The zero-order chi connectivity index (χ0) is 80.8. The molecule has 0 heterocycles. The van der Waals surface area contributed by atoms with Gasteiger partial charge in [-0.05, 0) is 120 Å². The number of aryl methyl sites for hydroxylation is 5. The van der Waals surface area contributed by atoms with Crippen LogP contribution >= 0.6 is 0 Å². The van der Waals surface area contributed by atoms with Crippen molar-refractivity contribution in [1.29, 1.82) is 0 Å². The molecule has 3 unspecified atom stereocenters. The number of aliphatic imine (C=N–C) groups is 3. The molecule has 3 atom stereocenters. The van der Waals surface area contributed by atoms with Crippen LogP contribution in [0.4, 0.5) is 11.4 Å². The van der Waals surface area contributed by atoms with Crippen LogP contribution in [-0.4, -0.2) is 234 Å². The van der Waals surface area contributed by atoms with Crippen molar-refractivity contribution in [3.63, 3.8) is 0 Å². The molecule has 0 aliphatic carbocycles. The number of carbonyl (C=O) groups excluding carboxylic acids is 3. The fourth-order valence-electron chi connectivity index (χ4n) is 9.77. The first-order valence-electron chi connectivity index (χ1n) is 35.5. The van der Waals surface area contributed by atoms with E-state index in [2.05, 4.69) is 71.4 Å². The number of rotatable bonds is 38. The monoisotopic (exact) mass is 1600 g/mol. The Hall–Kier alpha value is -9.93. The van der Waals surface area contributed by atoms with Gasteiger partial charge in [-0.2, -0.15) is 0 Å². The molecule has 7 aromatic carbocycles. The van der Waals surface area contributed by atoms with Crippen molar-refractivity contribution < 1.29 is 56.4 Å². The van der Waals surface area contributed by atoms with Crippen LogP contribution in [0, 0.1) is 34.6 Å². The number of para-hydroxylation sites is 2. The van der Waals surface area contributed by atoms with E-state index in [9.17, 15) is 43.8 Å². The second kappa shape index (κ2) is 47.2. The van der Waals surface area contributed by atoms with E-state index >= 15 is 0 Å². The highest BCUT2D eigenvalue weighted by Gasteiger charge is 2.27. The molecule has 0 bridgehead atoms. The maximum absolute atomic E-state index is 13.8. The van der Waals surface area contributed by atoms with Crippen LogP contribution in [0.15, 0.2) is 218 Å². The van der Waals surface area contributed by atoms with Gasteiger partial charge in [-0.25, -0.2) is 39.4 Å². The Kier molecular flexibility index (Phi) is 38.9. The van der Waals surface area contributed by atoms with Crippen molar-refractivity contribution in [2.75, 3.05) is 154 Å². The zero-order valence-electron chi connectivity index (χ0n) is 65.5. The molecule has 30 heteroatoms. The molecule has 0 aliphatic heterocycles. The molecule has 7 aromatic rings. The lowest BCUT2D eigenvalue weighted by Crippen LogP contribution is -2.43. The summed E-state index contributed by atoms with van der Waals surface area (Å²) in [6.07, 6.45) is 0.955. The Labute approximate surface area is 658 Å². The Morgan fingerprint density at radius 2 is 0.727 bits per heavy atom. The van der Waals surface area contributed by atoms with Crippen molar-refractivity contribution in [1.82, 2.24) is 35.1 Å². The summed E-state index contributed by atoms with van der Waals surface area (Å²) in [5, 5.41) is 6.10. The summed E-state index contributed by atoms with van der Waals surface area (Å²) >= 11 is -5.57. The fourth-order valence-corrected chi connectivity index (χ4v) is 14.5. The highest BCUT2D eigenvalue weighted by Crippen LogP contribution is 2.22. The molecular weight excluding hydrogens is 1500 g/mol. The van der Waals surface area contributed by atoms with Crippen LogP contribution < -0.4 is 33.0 Å². The first-order chi connectivity index (χ1) is 52.3. The molecule has 0 spiro atoms. The molecule has 25 nitrogen and oxygen atoms in total. The van der Waals surface area contributed by atoms with Crippen LogP contribution in [0.3, 0.4) is 0 Å².